The molecule has 4 nitrogen and oxygen atoms in total. The smallest absolute Gasteiger partial charge is 0.237 e. The number of thioether (sulfide) groups is 1. The van der Waals surface area contributed by atoms with E-state index in [9.17, 15) is 4.79 Å². The van der Waals surface area contributed by atoms with Gasteiger partial charge in [0, 0.05) is 12.7 Å². The van der Waals surface area contributed by atoms with Crippen molar-refractivity contribution in [1.29, 1.82) is 0 Å². The van der Waals surface area contributed by atoms with Crippen molar-refractivity contribution < 1.29 is 4.79 Å². The SMILES string of the molecule is CC(=O)N/N=C1\N=C(c2ccc(-c3ccccc3)cc2)CS1. The third-order valence-electron chi connectivity index (χ3n) is 3.20. The standard InChI is InChI=1S/C17H15N3OS/c1-12(21)19-20-17-18-16(11-22-17)15-9-7-14(8-10-15)13-5-3-2-4-6-13/h2-10H,11H2,1H3,(H,19,21)/b20-17+. The zero-order valence-electron chi connectivity index (χ0n) is 12.1. The highest BCUT2D eigenvalue weighted by molar-refractivity contribution is 8.15. The Morgan fingerprint density at radius 1 is 1.05 bits per heavy atom. The number of amides is 1. The summed E-state index contributed by atoms with van der Waals surface area (Å²) in [6.07, 6.45) is 0. The molecule has 0 unspecified atom stereocenters. The van der Waals surface area contributed by atoms with Crippen molar-refractivity contribution in [1.82, 2.24) is 5.43 Å². The van der Waals surface area contributed by atoms with Gasteiger partial charge in [0.25, 0.3) is 0 Å². The van der Waals surface area contributed by atoms with Crippen LogP contribution in [0.2, 0.25) is 0 Å². The molecule has 1 aliphatic rings. The quantitative estimate of drug-likeness (QED) is 0.885. The first kappa shape index (κ1) is 14.5. The molecule has 0 saturated heterocycles. The maximum atomic E-state index is 10.8. The Kier molecular flexibility index (Phi) is 4.34. The van der Waals surface area contributed by atoms with Crippen LogP contribution >= 0.6 is 11.8 Å². The van der Waals surface area contributed by atoms with Gasteiger partial charge >= 0.3 is 0 Å². The van der Waals surface area contributed by atoms with Crippen LogP contribution in [0.5, 0.6) is 0 Å². The summed E-state index contributed by atoms with van der Waals surface area (Å²) in [4.78, 5) is 15.3. The first-order valence-corrected chi connectivity index (χ1v) is 7.91. The molecule has 0 aliphatic carbocycles. The fourth-order valence-corrected chi connectivity index (χ4v) is 2.91. The monoisotopic (exact) mass is 309 g/mol. The molecule has 22 heavy (non-hydrogen) atoms. The van der Waals surface area contributed by atoms with Crippen molar-refractivity contribution in [3.05, 3.63) is 60.2 Å². The lowest BCUT2D eigenvalue weighted by Gasteiger charge is -2.03. The average molecular weight is 309 g/mol. The second kappa shape index (κ2) is 6.58. The Labute approximate surface area is 133 Å². The summed E-state index contributed by atoms with van der Waals surface area (Å²) in [6.45, 7) is 1.43. The number of hydrogen-bond donors (Lipinski definition) is 1. The summed E-state index contributed by atoms with van der Waals surface area (Å²) in [5.74, 6) is 0.576. The van der Waals surface area contributed by atoms with Gasteiger partial charge in [-0.2, -0.15) is 0 Å². The molecule has 0 aromatic heterocycles. The highest BCUT2D eigenvalue weighted by atomic mass is 32.2. The highest BCUT2D eigenvalue weighted by Crippen LogP contribution is 2.23. The van der Waals surface area contributed by atoms with E-state index in [1.165, 1.54) is 29.8 Å². The van der Waals surface area contributed by atoms with Gasteiger partial charge in [-0.25, -0.2) is 10.4 Å². The van der Waals surface area contributed by atoms with E-state index >= 15 is 0 Å². The number of hydrazone groups is 1. The van der Waals surface area contributed by atoms with Gasteiger partial charge in [-0.1, -0.05) is 66.4 Å². The molecule has 1 aliphatic heterocycles. The summed E-state index contributed by atoms with van der Waals surface area (Å²) >= 11 is 1.52. The predicted molar refractivity (Wildman–Crippen MR) is 92.1 cm³/mol. The van der Waals surface area contributed by atoms with Crippen LogP contribution in [0, 0.1) is 0 Å². The van der Waals surface area contributed by atoms with Crippen LogP contribution < -0.4 is 5.43 Å². The number of rotatable bonds is 3. The van der Waals surface area contributed by atoms with Gasteiger partial charge in [-0.15, -0.1) is 5.10 Å². The molecular weight excluding hydrogens is 294 g/mol. The summed E-state index contributed by atoms with van der Waals surface area (Å²) in [6, 6.07) is 18.6. The van der Waals surface area contributed by atoms with Crippen molar-refractivity contribution in [2.24, 2.45) is 10.1 Å². The largest absolute Gasteiger partial charge is 0.274 e. The van der Waals surface area contributed by atoms with E-state index < -0.39 is 0 Å². The van der Waals surface area contributed by atoms with E-state index in [1.807, 2.05) is 18.2 Å². The number of benzene rings is 2. The summed E-state index contributed by atoms with van der Waals surface area (Å²) < 4.78 is 0. The molecule has 0 saturated carbocycles. The number of nitrogens with zero attached hydrogens (tertiary/aromatic N) is 2. The number of aliphatic imine (C=N–C) groups is 1. The van der Waals surface area contributed by atoms with Gasteiger partial charge < -0.3 is 0 Å². The predicted octanol–water partition coefficient (Wildman–Crippen LogP) is 3.30. The van der Waals surface area contributed by atoms with Crippen molar-refractivity contribution in [3.63, 3.8) is 0 Å². The fraction of sp³-hybridized carbons (Fsp3) is 0.118. The van der Waals surface area contributed by atoms with E-state index in [0.29, 0.717) is 5.17 Å². The average Bonchev–Trinajstić information content (AvgIpc) is 3.03. The second-order valence-corrected chi connectivity index (χ2v) is 5.80. The van der Waals surface area contributed by atoms with Crippen LogP contribution in [0.15, 0.2) is 64.7 Å². The maximum absolute atomic E-state index is 10.8. The second-order valence-electron chi connectivity index (χ2n) is 4.85. The lowest BCUT2D eigenvalue weighted by atomic mass is 10.0. The minimum absolute atomic E-state index is 0.191. The molecule has 0 radical (unpaired) electrons. The van der Waals surface area contributed by atoms with E-state index in [2.05, 4.69) is 51.9 Å². The molecule has 110 valence electrons. The van der Waals surface area contributed by atoms with Crippen LogP contribution in [0.4, 0.5) is 0 Å². The minimum Gasteiger partial charge on any atom is -0.274 e. The summed E-state index contributed by atoms with van der Waals surface area (Å²) in [7, 11) is 0. The van der Waals surface area contributed by atoms with Crippen LogP contribution in [0.3, 0.4) is 0 Å². The molecule has 1 heterocycles. The topological polar surface area (TPSA) is 53.8 Å². The third-order valence-corrected chi connectivity index (χ3v) is 4.06. The van der Waals surface area contributed by atoms with Crippen LogP contribution in [-0.2, 0) is 4.79 Å². The zero-order valence-corrected chi connectivity index (χ0v) is 12.9. The van der Waals surface area contributed by atoms with Crippen molar-refractivity contribution >= 4 is 28.5 Å². The molecule has 3 rings (SSSR count). The molecule has 0 spiro atoms. The van der Waals surface area contributed by atoms with Crippen LogP contribution in [-0.4, -0.2) is 22.5 Å². The molecular formula is C17H15N3OS. The van der Waals surface area contributed by atoms with Crippen molar-refractivity contribution in [3.8, 4) is 11.1 Å². The molecule has 0 atom stereocenters. The number of carbonyl (C=O) groups is 1. The molecule has 0 fully saturated rings. The Morgan fingerprint density at radius 2 is 1.68 bits per heavy atom. The third kappa shape index (κ3) is 3.43. The Bertz CT molecular complexity index is 736. The number of amidine groups is 1. The van der Waals surface area contributed by atoms with Gasteiger partial charge in [0.15, 0.2) is 0 Å². The minimum atomic E-state index is -0.191. The molecule has 1 N–H and O–H groups in total. The zero-order chi connectivity index (χ0) is 15.4. The fourth-order valence-electron chi connectivity index (χ4n) is 2.13. The van der Waals surface area contributed by atoms with Crippen molar-refractivity contribution in [2.45, 2.75) is 6.92 Å². The molecule has 2 aromatic rings. The Balaban J connectivity index is 1.78. The van der Waals surface area contributed by atoms with E-state index in [-0.39, 0.29) is 5.91 Å². The van der Waals surface area contributed by atoms with Gasteiger partial charge in [0.05, 0.1) is 5.71 Å². The van der Waals surface area contributed by atoms with Gasteiger partial charge in [-0.05, 0) is 16.7 Å². The first-order valence-electron chi connectivity index (χ1n) is 6.93. The van der Waals surface area contributed by atoms with Crippen LogP contribution in [0.25, 0.3) is 11.1 Å². The maximum Gasteiger partial charge on any atom is 0.237 e. The summed E-state index contributed by atoms with van der Waals surface area (Å²) in [5.41, 5.74) is 6.86. The van der Waals surface area contributed by atoms with E-state index in [4.69, 9.17) is 0 Å². The van der Waals surface area contributed by atoms with Gasteiger partial charge in [-0.3, -0.25) is 4.79 Å². The van der Waals surface area contributed by atoms with Crippen LogP contribution in [0.1, 0.15) is 12.5 Å². The Morgan fingerprint density at radius 3 is 2.36 bits per heavy atom. The Hall–Kier alpha value is -2.40. The number of carbonyl (C=O) groups excluding carboxylic acids is 1. The lowest BCUT2D eigenvalue weighted by Crippen LogP contribution is -2.13. The number of nitrogens with one attached hydrogen (secondary N) is 1. The van der Waals surface area contributed by atoms with Gasteiger partial charge in [0.1, 0.15) is 0 Å². The molecule has 2 aromatic carbocycles. The van der Waals surface area contributed by atoms with E-state index in [0.717, 1.165) is 17.0 Å². The molecule has 5 heteroatoms. The lowest BCUT2D eigenvalue weighted by molar-refractivity contribution is -0.118. The first-order chi connectivity index (χ1) is 10.7. The molecule has 0 bridgehead atoms. The van der Waals surface area contributed by atoms with E-state index in [1.54, 1.807) is 0 Å². The van der Waals surface area contributed by atoms with Crippen molar-refractivity contribution in [2.75, 3.05) is 5.75 Å². The normalized spacial score (nSPS) is 15.7. The molecule has 1 amide bonds. The highest BCUT2D eigenvalue weighted by Gasteiger charge is 2.15. The number of hydrogen-bond acceptors (Lipinski definition) is 3. The summed E-state index contributed by atoms with van der Waals surface area (Å²) in [5, 5.41) is 4.55. The van der Waals surface area contributed by atoms with Gasteiger partial charge in [0.2, 0.25) is 11.1 Å².